The topological polar surface area (TPSA) is 160 Å². The third-order valence-corrected chi connectivity index (χ3v) is 9.78. The molecule has 2 aliphatic rings. The molecule has 1 amide bonds. The molecule has 2 aromatic rings. The maximum Gasteiger partial charge on any atom is 0.417 e. The Hall–Kier alpha value is -3.57. The Morgan fingerprint density at radius 3 is 2.39 bits per heavy atom. The van der Waals surface area contributed by atoms with Crippen LogP contribution < -0.4 is 5.73 Å². The van der Waals surface area contributed by atoms with Crippen LogP contribution in [0.1, 0.15) is 24.8 Å². The molecule has 0 bridgehead atoms. The number of nitriles is 1. The monoisotopic (exact) mass is 555 g/mol. The number of benzene rings is 1. The van der Waals surface area contributed by atoms with E-state index in [0.29, 0.717) is 6.07 Å². The van der Waals surface area contributed by atoms with Crippen molar-refractivity contribution in [1.29, 1.82) is 5.26 Å². The Morgan fingerprint density at radius 2 is 1.92 bits per heavy atom. The van der Waals surface area contributed by atoms with Crippen molar-refractivity contribution < 1.29 is 45.4 Å². The summed E-state index contributed by atoms with van der Waals surface area (Å²) in [5, 5.41) is 18.0. The van der Waals surface area contributed by atoms with Gasteiger partial charge >= 0.3 is 12.1 Å². The van der Waals surface area contributed by atoms with Crippen LogP contribution in [0.25, 0.3) is 11.3 Å². The highest BCUT2D eigenvalue weighted by molar-refractivity contribution is 7.92. The van der Waals surface area contributed by atoms with Gasteiger partial charge in [-0.25, -0.2) is 12.8 Å². The zero-order chi connectivity index (χ0) is 28.3. The Bertz CT molecular complexity index is 1460. The van der Waals surface area contributed by atoms with E-state index >= 15 is 0 Å². The van der Waals surface area contributed by atoms with Gasteiger partial charge in [0.1, 0.15) is 16.6 Å². The second-order valence-corrected chi connectivity index (χ2v) is 11.6. The predicted molar refractivity (Wildman–Crippen MR) is 121 cm³/mol. The standard InChI is InChI=1S/C24H21F4N3O6S/c1-37-19-7-14(8-23(19,21(33)34)18-9-22(18,11-29)20(30)32)38(35,36)17-5-2-12(6-15(17)24(26,27)28)16-4-3-13(25)10-31-16/h2-6,10,14,18-19H,7-9H2,1H3,(H2,30,32)(H,33,34)/t14-,18?,19+,22?,23+/m1/s1. The molecular weight excluding hydrogens is 534 g/mol. The van der Waals surface area contributed by atoms with Gasteiger partial charge in [0, 0.05) is 18.6 Å². The molecule has 1 heterocycles. The van der Waals surface area contributed by atoms with Crippen molar-refractivity contribution in [3.63, 3.8) is 0 Å². The van der Waals surface area contributed by atoms with Crippen LogP contribution in [0, 0.1) is 33.9 Å². The number of sulfone groups is 1. The number of carbonyl (C=O) groups excluding carboxylic acids is 1. The quantitative estimate of drug-likeness (QED) is 0.493. The number of carbonyl (C=O) groups is 2. The minimum Gasteiger partial charge on any atom is -0.481 e. The van der Waals surface area contributed by atoms with Crippen LogP contribution in [-0.4, -0.2) is 48.8 Å². The van der Waals surface area contributed by atoms with Crippen molar-refractivity contribution in [2.45, 2.75) is 41.7 Å². The summed E-state index contributed by atoms with van der Waals surface area (Å²) in [6, 6.07) is 6.26. The van der Waals surface area contributed by atoms with E-state index in [9.17, 15) is 45.9 Å². The second kappa shape index (κ2) is 9.02. The molecule has 4 rings (SSSR count). The van der Waals surface area contributed by atoms with Crippen LogP contribution in [-0.2, 0) is 30.3 Å². The van der Waals surface area contributed by atoms with Crippen LogP contribution in [0.3, 0.4) is 0 Å². The Kier molecular flexibility index (Phi) is 6.52. The van der Waals surface area contributed by atoms with Crippen molar-refractivity contribution >= 4 is 21.7 Å². The number of aromatic nitrogens is 1. The van der Waals surface area contributed by atoms with Crippen molar-refractivity contribution in [3.8, 4) is 17.3 Å². The summed E-state index contributed by atoms with van der Waals surface area (Å²) in [6.07, 6.45) is -7.07. The van der Waals surface area contributed by atoms with Gasteiger partial charge in [-0.3, -0.25) is 14.6 Å². The molecule has 0 aliphatic heterocycles. The fourth-order valence-corrected chi connectivity index (χ4v) is 7.57. The van der Waals surface area contributed by atoms with E-state index in [-0.39, 0.29) is 17.7 Å². The summed E-state index contributed by atoms with van der Waals surface area (Å²) in [6.45, 7) is 0. The van der Waals surface area contributed by atoms with Gasteiger partial charge in [0.2, 0.25) is 5.91 Å². The Labute approximate surface area is 214 Å². The van der Waals surface area contributed by atoms with Crippen LogP contribution >= 0.6 is 0 Å². The van der Waals surface area contributed by atoms with Gasteiger partial charge in [-0.15, -0.1) is 0 Å². The van der Waals surface area contributed by atoms with Crippen molar-refractivity contribution in [3.05, 3.63) is 47.9 Å². The summed E-state index contributed by atoms with van der Waals surface area (Å²) in [5.41, 5.74) is -0.214. The number of nitrogens with two attached hydrogens (primary N) is 1. The highest BCUT2D eigenvalue weighted by atomic mass is 32.2. The largest absolute Gasteiger partial charge is 0.481 e. The average Bonchev–Trinajstić information content (AvgIpc) is 3.48. The molecule has 3 N–H and O–H groups in total. The van der Waals surface area contributed by atoms with E-state index in [4.69, 9.17) is 10.5 Å². The van der Waals surface area contributed by atoms with E-state index in [1.54, 1.807) is 6.07 Å². The van der Waals surface area contributed by atoms with Crippen molar-refractivity contribution in [1.82, 2.24) is 4.98 Å². The molecule has 0 spiro atoms. The highest BCUT2D eigenvalue weighted by Crippen LogP contribution is 2.66. The van der Waals surface area contributed by atoms with Crippen molar-refractivity contribution in [2.75, 3.05) is 7.11 Å². The van der Waals surface area contributed by atoms with E-state index in [1.165, 1.54) is 0 Å². The van der Waals surface area contributed by atoms with Gasteiger partial charge in [0.25, 0.3) is 0 Å². The van der Waals surface area contributed by atoms with Gasteiger partial charge < -0.3 is 15.6 Å². The first kappa shape index (κ1) is 27.5. The summed E-state index contributed by atoms with van der Waals surface area (Å²) in [7, 11) is -3.70. The molecule has 2 aliphatic carbocycles. The number of carboxylic acid groups (broad SMARTS) is 1. The number of alkyl halides is 3. The van der Waals surface area contributed by atoms with Gasteiger partial charge in [-0.05, 0) is 43.5 Å². The number of hydrogen-bond donors (Lipinski definition) is 2. The second-order valence-electron chi connectivity index (χ2n) is 9.45. The predicted octanol–water partition coefficient (Wildman–Crippen LogP) is 2.94. The van der Waals surface area contributed by atoms with E-state index in [2.05, 4.69) is 4.98 Å². The first-order valence-corrected chi connectivity index (χ1v) is 12.7. The van der Waals surface area contributed by atoms with Crippen molar-refractivity contribution in [2.24, 2.45) is 22.5 Å². The molecule has 9 nitrogen and oxygen atoms in total. The smallest absolute Gasteiger partial charge is 0.417 e. The lowest BCUT2D eigenvalue weighted by Crippen LogP contribution is -2.44. The van der Waals surface area contributed by atoms with E-state index in [0.717, 1.165) is 37.6 Å². The highest BCUT2D eigenvalue weighted by Gasteiger charge is 2.75. The fourth-order valence-electron chi connectivity index (χ4n) is 5.55. The maximum atomic E-state index is 14.1. The Morgan fingerprint density at radius 1 is 1.24 bits per heavy atom. The lowest BCUT2D eigenvalue weighted by Gasteiger charge is -2.31. The van der Waals surface area contributed by atoms with Gasteiger partial charge in [0.05, 0.1) is 39.8 Å². The van der Waals surface area contributed by atoms with Gasteiger partial charge in [0.15, 0.2) is 9.84 Å². The summed E-state index contributed by atoms with van der Waals surface area (Å²) in [4.78, 5) is 27.1. The third kappa shape index (κ3) is 4.10. The number of carboxylic acids is 1. The normalized spacial score (nSPS) is 29.0. The van der Waals surface area contributed by atoms with Crippen LogP contribution in [0.2, 0.25) is 0 Å². The summed E-state index contributed by atoms with van der Waals surface area (Å²) in [5.74, 6) is -4.52. The molecule has 0 saturated heterocycles. The zero-order valence-corrected chi connectivity index (χ0v) is 20.5. The summed E-state index contributed by atoms with van der Waals surface area (Å²) < 4.78 is 87.9. The van der Waals surface area contributed by atoms with E-state index in [1.807, 2.05) is 0 Å². The number of halogens is 4. The third-order valence-electron chi connectivity index (χ3n) is 7.57. The van der Waals surface area contributed by atoms with Gasteiger partial charge in [-0.1, -0.05) is 6.07 Å². The molecule has 38 heavy (non-hydrogen) atoms. The number of ether oxygens (including phenoxy) is 1. The molecule has 1 aromatic carbocycles. The molecule has 2 fully saturated rings. The number of primary amides is 1. The fraction of sp³-hybridized carbons (Fsp3) is 0.417. The summed E-state index contributed by atoms with van der Waals surface area (Å²) >= 11 is 0. The molecule has 14 heteroatoms. The van der Waals surface area contributed by atoms with Crippen LogP contribution in [0.5, 0.6) is 0 Å². The first-order valence-electron chi connectivity index (χ1n) is 11.2. The SMILES string of the molecule is CO[C@H]1C[C@@H](S(=O)(=O)c2ccc(-c3ccc(F)cn3)cc2C(F)(F)F)C[C@]1(C(=O)O)C1CC1(C#N)C(N)=O. The number of pyridine rings is 1. The van der Waals surface area contributed by atoms with Crippen LogP contribution in [0.4, 0.5) is 17.6 Å². The number of rotatable bonds is 7. The number of amides is 1. The Balaban J connectivity index is 1.79. The van der Waals surface area contributed by atoms with Gasteiger partial charge in [-0.2, -0.15) is 18.4 Å². The molecule has 2 unspecified atom stereocenters. The minimum atomic E-state index is -5.12. The number of hydrogen-bond acceptors (Lipinski definition) is 7. The number of nitrogens with zero attached hydrogens (tertiary/aromatic N) is 2. The number of methoxy groups -OCH3 is 1. The zero-order valence-electron chi connectivity index (χ0n) is 19.7. The minimum absolute atomic E-state index is 0.0286. The number of aliphatic carboxylic acids is 1. The molecule has 1 aromatic heterocycles. The van der Waals surface area contributed by atoms with Crippen LogP contribution in [0.15, 0.2) is 41.4 Å². The average molecular weight is 556 g/mol. The molecule has 2 saturated carbocycles. The van der Waals surface area contributed by atoms with E-state index < -0.39 is 85.1 Å². The molecular formula is C24H21F4N3O6S. The first-order chi connectivity index (χ1) is 17.6. The molecule has 202 valence electrons. The lowest BCUT2D eigenvalue weighted by molar-refractivity contribution is -0.159. The molecule has 0 radical (unpaired) electrons. The lowest BCUT2D eigenvalue weighted by atomic mass is 9.75. The maximum absolute atomic E-state index is 14.1. The molecule has 5 atom stereocenters.